The highest BCUT2D eigenvalue weighted by Crippen LogP contribution is 2.39. The normalized spacial score (nSPS) is 10.2. The topological polar surface area (TPSA) is 61.7 Å². The second kappa shape index (κ2) is 6.20. The van der Waals surface area contributed by atoms with E-state index in [1.807, 2.05) is 60.7 Å². The number of benzene rings is 3. The average Bonchev–Trinajstić information content (AvgIpc) is 2.62. The van der Waals surface area contributed by atoms with E-state index in [1.54, 1.807) is 12.1 Å². The van der Waals surface area contributed by atoms with Crippen molar-refractivity contribution in [2.75, 3.05) is 5.48 Å². The van der Waals surface area contributed by atoms with Gasteiger partial charge in [0.25, 0.3) is 0 Å². The molecule has 0 spiro atoms. The van der Waals surface area contributed by atoms with Gasteiger partial charge in [0.1, 0.15) is 5.69 Å². The summed E-state index contributed by atoms with van der Waals surface area (Å²) in [5.74, 6) is 0. The number of nitroso groups, excluding NO2 is 1. The quantitative estimate of drug-likeness (QED) is 0.511. The summed E-state index contributed by atoms with van der Waals surface area (Å²) in [6.07, 6.45) is 0. The fourth-order valence-electron chi connectivity index (χ4n) is 2.46. The van der Waals surface area contributed by atoms with Gasteiger partial charge in [-0.25, -0.2) is 0 Å². The SMILES string of the molecule is O=Nc1cc(-c2ccccc2)c(NO)cc1-c1ccccc1. The van der Waals surface area contributed by atoms with Crippen LogP contribution in [0.15, 0.2) is 78.0 Å². The molecular formula is C18H14N2O2. The molecule has 4 nitrogen and oxygen atoms in total. The maximum Gasteiger partial charge on any atom is 0.116 e. The van der Waals surface area contributed by atoms with Gasteiger partial charge in [-0.1, -0.05) is 60.7 Å². The van der Waals surface area contributed by atoms with Crippen LogP contribution in [0.2, 0.25) is 0 Å². The van der Waals surface area contributed by atoms with Crippen molar-refractivity contribution in [3.05, 3.63) is 77.7 Å². The van der Waals surface area contributed by atoms with Gasteiger partial charge in [0.05, 0.1) is 5.69 Å². The van der Waals surface area contributed by atoms with Crippen molar-refractivity contribution in [2.45, 2.75) is 0 Å². The lowest BCUT2D eigenvalue weighted by atomic mass is 9.96. The Labute approximate surface area is 128 Å². The molecule has 0 saturated carbocycles. The molecule has 0 heterocycles. The van der Waals surface area contributed by atoms with E-state index >= 15 is 0 Å². The summed E-state index contributed by atoms with van der Waals surface area (Å²) >= 11 is 0. The highest BCUT2D eigenvalue weighted by Gasteiger charge is 2.13. The van der Waals surface area contributed by atoms with Crippen LogP contribution in [0, 0.1) is 4.91 Å². The Kier molecular flexibility index (Phi) is 3.94. The van der Waals surface area contributed by atoms with Gasteiger partial charge in [-0.15, -0.1) is 4.91 Å². The van der Waals surface area contributed by atoms with E-state index in [2.05, 4.69) is 10.7 Å². The fraction of sp³-hybridized carbons (Fsp3) is 0. The predicted octanol–water partition coefficient (Wildman–Crippen LogP) is 5.22. The first-order valence-corrected chi connectivity index (χ1v) is 6.86. The van der Waals surface area contributed by atoms with Crippen LogP contribution in [0.4, 0.5) is 11.4 Å². The highest BCUT2D eigenvalue weighted by atomic mass is 16.5. The zero-order chi connectivity index (χ0) is 15.4. The molecule has 0 fully saturated rings. The fourth-order valence-corrected chi connectivity index (χ4v) is 2.46. The minimum Gasteiger partial charge on any atom is -0.291 e. The zero-order valence-electron chi connectivity index (χ0n) is 11.7. The summed E-state index contributed by atoms with van der Waals surface area (Å²) in [6.45, 7) is 0. The molecule has 0 atom stereocenters. The second-order valence-corrected chi connectivity index (χ2v) is 4.85. The first-order valence-electron chi connectivity index (χ1n) is 6.86. The lowest BCUT2D eigenvalue weighted by Crippen LogP contribution is -1.94. The molecule has 4 heteroatoms. The van der Waals surface area contributed by atoms with Crippen LogP contribution in [0.3, 0.4) is 0 Å². The molecule has 108 valence electrons. The first-order chi connectivity index (χ1) is 10.8. The molecule has 0 unspecified atom stereocenters. The van der Waals surface area contributed by atoms with Crippen LogP contribution >= 0.6 is 0 Å². The van der Waals surface area contributed by atoms with E-state index in [9.17, 15) is 10.1 Å². The van der Waals surface area contributed by atoms with Crippen LogP contribution in [0.25, 0.3) is 22.3 Å². The van der Waals surface area contributed by atoms with E-state index < -0.39 is 0 Å². The van der Waals surface area contributed by atoms with Crippen molar-refractivity contribution >= 4 is 11.4 Å². The number of nitrogens with zero attached hydrogens (tertiary/aromatic N) is 1. The van der Waals surface area contributed by atoms with Crippen molar-refractivity contribution in [1.29, 1.82) is 0 Å². The van der Waals surface area contributed by atoms with Gasteiger partial charge in [-0.2, -0.15) is 0 Å². The second-order valence-electron chi connectivity index (χ2n) is 4.85. The lowest BCUT2D eigenvalue weighted by molar-refractivity contribution is 0.389. The Morgan fingerprint density at radius 1 is 0.773 bits per heavy atom. The van der Waals surface area contributed by atoms with Gasteiger partial charge >= 0.3 is 0 Å². The van der Waals surface area contributed by atoms with E-state index in [1.165, 1.54) is 0 Å². The van der Waals surface area contributed by atoms with E-state index in [-0.39, 0.29) is 0 Å². The monoisotopic (exact) mass is 290 g/mol. The van der Waals surface area contributed by atoms with E-state index in [0.29, 0.717) is 16.9 Å². The summed E-state index contributed by atoms with van der Waals surface area (Å²) in [4.78, 5) is 11.3. The smallest absolute Gasteiger partial charge is 0.116 e. The number of nitrogens with one attached hydrogen (secondary N) is 1. The number of rotatable bonds is 4. The van der Waals surface area contributed by atoms with Crippen LogP contribution in [-0.2, 0) is 0 Å². The van der Waals surface area contributed by atoms with Gasteiger partial charge in [0, 0.05) is 11.1 Å². The third-order valence-corrected chi connectivity index (χ3v) is 3.52. The van der Waals surface area contributed by atoms with Crippen molar-refractivity contribution in [3.63, 3.8) is 0 Å². The van der Waals surface area contributed by atoms with Crippen molar-refractivity contribution in [3.8, 4) is 22.3 Å². The molecule has 0 aromatic heterocycles. The summed E-state index contributed by atoms with van der Waals surface area (Å²) in [5, 5.41) is 12.6. The average molecular weight is 290 g/mol. The maximum atomic E-state index is 11.3. The minimum atomic E-state index is 0.337. The summed E-state index contributed by atoms with van der Waals surface area (Å²) in [5.41, 5.74) is 6.23. The standard InChI is InChI=1S/C18H14N2O2/c21-19-17-12-16(14-9-5-2-6-10-14)18(20-22)11-15(17)13-7-3-1-4-8-13/h1-12,19,21H. The number of hydrogen-bond donors (Lipinski definition) is 2. The van der Waals surface area contributed by atoms with Gasteiger partial charge in [0.15, 0.2) is 0 Å². The van der Waals surface area contributed by atoms with Gasteiger partial charge < -0.3 is 0 Å². The van der Waals surface area contributed by atoms with Crippen molar-refractivity contribution in [1.82, 2.24) is 0 Å². The van der Waals surface area contributed by atoms with Gasteiger partial charge in [0.2, 0.25) is 0 Å². The summed E-state index contributed by atoms with van der Waals surface area (Å²) in [6, 6.07) is 22.4. The zero-order valence-corrected chi connectivity index (χ0v) is 11.7. The number of anilines is 1. The largest absolute Gasteiger partial charge is 0.291 e. The Morgan fingerprint density at radius 2 is 1.32 bits per heavy atom. The van der Waals surface area contributed by atoms with Crippen molar-refractivity contribution in [2.24, 2.45) is 5.18 Å². The van der Waals surface area contributed by atoms with Gasteiger partial charge in [-0.05, 0) is 28.4 Å². The van der Waals surface area contributed by atoms with E-state index in [0.717, 1.165) is 16.7 Å². The van der Waals surface area contributed by atoms with Gasteiger partial charge in [-0.3, -0.25) is 10.7 Å². The molecule has 3 aromatic carbocycles. The number of hydrogen-bond acceptors (Lipinski definition) is 4. The highest BCUT2D eigenvalue weighted by molar-refractivity contribution is 5.88. The molecule has 0 aliphatic rings. The van der Waals surface area contributed by atoms with Crippen LogP contribution in [0.1, 0.15) is 0 Å². The molecule has 0 aliphatic heterocycles. The third kappa shape index (κ3) is 2.60. The van der Waals surface area contributed by atoms with Crippen molar-refractivity contribution < 1.29 is 5.21 Å². The van der Waals surface area contributed by atoms with Crippen LogP contribution < -0.4 is 5.48 Å². The molecule has 0 saturated heterocycles. The Morgan fingerprint density at radius 3 is 1.82 bits per heavy atom. The molecule has 0 aliphatic carbocycles. The Hall–Kier alpha value is -2.98. The summed E-state index contributed by atoms with van der Waals surface area (Å²) in [7, 11) is 0. The first kappa shape index (κ1) is 14.0. The predicted molar refractivity (Wildman–Crippen MR) is 88.2 cm³/mol. The van der Waals surface area contributed by atoms with Crippen LogP contribution in [0.5, 0.6) is 0 Å². The summed E-state index contributed by atoms with van der Waals surface area (Å²) < 4.78 is 0. The molecular weight excluding hydrogens is 276 g/mol. The van der Waals surface area contributed by atoms with Crippen LogP contribution in [-0.4, -0.2) is 5.21 Å². The van der Waals surface area contributed by atoms with E-state index in [4.69, 9.17) is 0 Å². The third-order valence-electron chi connectivity index (χ3n) is 3.52. The maximum absolute atomic E-state index is 11.3. The molecule has 0 amide bonds. The Bertz CT molecular complexity index is 787. The molecule has 3 aromatic rings. The minimum absolute atomic E-state index is 0.337. The molecule has 3 rings (SSSR count). The molecule has 2 N–H and O–H groups in total. The molecule has 22 heavy (non-hydrogen) atoms. The molecule has 0 bridgehead atoms. The Balaban J connectivity index is 2.21. The lowest BCUT2D eigenvalue weighted by Gasteiger charge is -2.13. The molecule has 0 radical (unpaired) electrons.